The fourth-order valence-electron chi connectivity index (χ4n) is 2.62. The Morgan fingerprint density at radius 1 is 1.50 bits per heavy atom. The first kappa shape index (κ1) is 14.8. The smallest absolute Gasteiger partial charge is 0.311 e. The van der Waals surface area contributed by atoms with Gasteiger partial charge in [-0.2, -0.15) is 0 Å². The number of benzene rings is 1. The SMILES string of the molecule is CCNC(CCc1ccc(OC)c([N+](=O)[O-])c1)C1CC1. The Labute approximate surface area is 119 Å². The molecule has 1 aromatic rings. The predicted octanol–water partition coefficient (Wildman–Crippen LogP) is 2.92. The molecule has 0 amide bonds. The summed E-state index contributed by atoms with van der Waals surface area (Å²) in [5.41, 5.74) is 1.05. The molecule has 1 aliphatic rings. The van der Waals surface area contributed by atoms with Crippen LogP contribution in [0.4, 0.5) is 5.69 Å². The van der Waals surface area contributed by atoms with Crippen LogP contribution in [0.3, 0.4) is 0 Å². The van der Waals surface area contributed by atoms with Gasteiger partial charge in [-0.15, -0.1) is 0 Å². The predicted molar refractivity (Wildman–Crippen MR) is 78.2 cm³/mol. The second kappa shape index (κ2) is 6.70. The van der Waals surface area contributed by atoms with Gasteiger partial charge in [0.05, 0.1) is 12.0 Å². The zero-order chi connectivity index (χ0) is 14.5. The van der Waals surface area contributed by atoms with Gasteiger partial charge in [-0.05, 0) is 49.8 Å². The maximum atomic E-state index is 11.0. The molecule has 1 atom stereocenters. The average Bonchev–Trinajstić information content (AvgIpc) is 3.27. The van der Waals surface area contributed by atoms with Gasteiger partial charge in [0.25, 0.3) is 0 Å². The highest BCUT2D eigenvalue weighted by molar-refractivity contribution is 5.48. The maximum absolute atomic E-state index is 11.0. The molecule has 0 bridgehead atoms. The van der Waals surface area contributed by atoms with Crippen LogP contribution in [0.15, 0.2) is 18.2 Å². The summed E-state index contributed by atoms with van der Waals surface area (Å²) in [7, 11) is 1.45. The quantitative estimate of drug-likeness (QED) is 0.586. The maximum Gasteiger partial charge on any atom is 0.311 e. The summed E-state index contributed by atoms with van der Waals surface area (Å²) in [6.45, 7) is 3.09. The molecule has 110 valence electrons. The highest BCUT2D eigenvalue weighted by Crippen LogP contribution is 2.35. The first-order chi connectivity index (χ1) is 9.65. The molecule has 5 heteroatoms. The van der Waals surface area contributed by atoms with Gasteiger partial charge in [0.1, 0.15) is 0 Å². The van der Waals surface area contributed by atoms with Gasteiger partial charge in [0.2, 0.25) is 0 Å². The molecule has 20 heavy (non-hydrogen) atoms. The Morgan fingerprint density at radius 3 is 2.80 bits per heavy atom. The lowest BCUT2D eigenvalue weighted by Gasteiger charge is -2.17. The third-order valence-electron chi connectivity index (χ3n) is 3.84. The van der Waals surface area contributed by atoms with Crippen LogP contribution in [0, 0.1) is 16.0 Å². The van der Waals surface area contributed by atoms with E-state index >= 15 is 0 Å². The summed E-state index contributed by atoms with van der Waals surface area (Å²) in [5.74, 6) is 1.12. The molecule has 5 nitrogen and oxygen atoms in total. The molecule has 1 unspecified atom stereocenters. The van der Waals surface area contributed by atoms with Gasteiger partial charge in [0.15, 0.2) is 5.75 Å². The molecule has 0 saturated heterocycles. The van der Waals surface area contributed by atoms with Crippen molar-refractivity contribution in [1.82, 2.24) is 5.32 Å². The Bertz CT molecular complexity index is 472. The normalized spacial score (nSPS) is 15.9. The fraction of sp³-hybridized carbons (Fsp3) is 0.600. The number of nitro benzene ring substituents is 1. The lowest BCUT2D eigenvalue weighted by Crippen LogP contribution is -2.31. The first-order valence-electron chi connectivity index (χ1n) is 7.20. The van der Waals surface area contributed by atoms with E-state index in [4.69, 9.17) is 4.74 Å². The monoisotopic (exact) mass is 278 g/mol. The molecule has 1 N–H and O–H groups in total. The van der Waals surface area contributed by atoms with E-state index < -0.39 is 0 Å². The minimum Gasteiger partial charge on any atom is -0.490 e. The molecule has 0 spiro atoms. The van der Waals surface area contributed by atoms with Crippen LogP contribution < -0.4 is 10.1 Å². The van der Waals surface area contributed by atoms with Gasteiger partial charge in [0, 0.05) is 12.1 Å². The lowest BCUT2D eigenvalue weighted by molar-refractivity contribution is -0.385. The van der Waals surface area contributed by atoms with Crippen LogP contribution >= 0.6 is 0 Å². The molecule has 1 saturated carbocycles. The fourth-order valence-corrected chi connectivity index (χ4v) is 2.62. The topological polar surface area (TPSA) is 64.4 Å². The van der Waals surface area contributed by atoms with Crippen molar-refractivity contribution in [1.29, 1.82) is 0 Å². The van der Waals surface area contributed by atoms with Crippen LogP contribution in [0.25, 0.3) is 0 Å². The van der Waals surface area contributed by atoms with Crippen LogP contribution in [0.5, 0.6) is 5.75 Å². The van der Waals surface area contributed by atoms with Gasteiger partial charge >= 0.3 is 5.69 Å². The molecular formula is C15H22N2O3. The minimum atomic E-state index is -0.384. The van der Waals surface area contributed by atoms with Gasteiger partial charge in [-0.1, -0.05) is 13.0 Å². The van der Waals surface area contributed by atoms with E-state index in [1.54, 1.807) is 12.1 Å². The third kappa shape index (κ3) is 3.70. The van der Waals surface area contributed by atoms with E-state index in [-0.39, 0.29) is 10.6 Å². The van der Waals surface area contributed by atoms with Crippen LogP contribution in [0.1, 0.15) is 31.7 Å². The van der Waals surface area contributed by atoms with Gasteiger partial charge < -0.3 is 10.1 Å². The highest BCUT2D eigenvalue weighted by Gasteiger charge is 2.30. The van der Waals surface area contributed by atoms with Crippen molar-refractivity contribution in [2.45, 2.75) is 38.6 Å². The van der Waals surface area contributed by atoms with Crippen molar-refractivity contribution >= 4 is 5.69 Å². The van der Waals surface area contributed by atoms with Gasteiger partial charge in [-0.25, -0.2) is 0 Å². The number of rotatable bonds is 8. The van der Waals surface area contributed by atoms with E-state index in [9.17, 15) is 10.1 Å². The van der Waals surface area contributed by atoms with Crippen LogP contribution in [0.2, 0.25) is 0 Å². The second-order valence-electron chi connectivity index (χ2n) is 5.30. The Balaban J connectivity index is 2.01. The number of nitrogens with one attached hydrogen (secondary N) is 1. The van der Waals surface area contributed by atoms with Crippen molar-refractivity contribution in [2.75, 3.05) is 13.7 Å². The Kier molecular flexibility index (Phi) is 4.95. The van der Waals surface area contributed by atoms with E-state index in [0.29, 0.717) is 11.8 Å². The largest absolute Gasteiger partial charge is 0.490 e. The summed E-state index contributed by atoms with van der Waals surface area (Å²) in [6, 6.07) is 5.78. The number of ether oxygens (including phenoxy) is 1. The van der Waals surface area contributed by atoms with Crippen molar-refractivity contribution in [3.05, 3.63) is 33.9 Å². The van der Waals surface area contributed by atoms with E-state index in [2.05, 4.69) is 12.2 Å². The number of aryl methyl sites for hydroxylation is 1. The van der Waals surface area contributed by atoms with Crippen LogP contribution in [-0.4, -0.2) is 24.6 Å². The number of nitro groups is 1. The van der Waals surface area contributed by atoms with Gasteiger partial charge in [-0.3, -0.25) is 10.1 Å². The summed E-state index contributed by atoms with van der Waals surface area (Å²) in [4.78, 5) is 10.6. The number of hydrogen-bond acceptors (Lipinski definition) is 4. The molecule has 1 fully saturated rings. The van der Waals surface area contributed by atoms with E-state index in [1.165, 1.54) is 20.0 Å². The molecule has 1 aromatic carbocycles. The molecule has 0 aromatic heterocycles. The van der Waals surface area contributed by atoms with Crippen molar-refractivity contribution in [2.24, 2.45) is 5.92 Å². The summed E-state index contributed by atoms with van der Waals surface area (Å²) < 4.78 is 5.02. The van der Waals surface area contributed by atoms with Crippen LogP contribution in [-0.2, 0) is 6.42 Å². The zero-order valence-corrected chi connectivity index (χ0v) is 12.1. The number of hydrogen-bond donors (Lipinski definition) is 1. The van der Waals surface area contributed by atoms with Crippen molar-refractivity contribution in [3.8, 4) is 5.75 Å². The number of methoxy groups -OCH3 is 1. The Morgan fingerprint density at radius 2 is 2.25 bits per heavy atom. The molecule has 0 aliphatic heterocycles. The van der Waals surface area contributed by atoms with E-state index in [0.717, 1.165) is 30.9 Å². The molecule has 0 heterocycles. The molecule has 1 aliphatic carbocycles. The van der Waals surface area contributed by atoms with Crippen molar-refractivity contribution in [3.63, 3.8) is 0 Å². The molecule has 0 radical (unpaired) electrons. The number of nitrogens with zero attached hydrogens (tertiary/aromatic N) is 1. The minimum absolute atomic E-state index is 0.0522. The molecule has 2 rings (SSSR count). The average molecular weight is 278 g/mol. The highest BCUT2D eigenvalue weighted by atomic mass is 16.6. The standard InChI is InChI=1S/C15H22N2O3/c1-3-16-13(12-6-7-12)8-4-11-5-9-15(20-2)14(10-11)17(18)19/h5,9-10,12-13,16H,3-4,6-8H2,1-2H3. The Hall–Kier alpha value is -1.62. The molecular weight excluding hydrogens is 256 g/mol. The summed E-state index contributed by atoms with van der Waals surface area (Å²) in [6.07, 6.45) is 4.50. The third-order valence-corrected chi connectivity index (χ3v) is 3.84. The lowest BCUT2D eigenvalue weighted by atomic mass is 10.0. The first-order valence-corrected chi connectivity index (χ1v) is 7.20. The summed E-state index contributed by atoms with van der Waals surface area (Å²) >= 11 is 0. The summed E-state index contributed by atoms with van der Waals surface area (Å²) in [5, 5.41) is 14.5. The van der Waals surface area contributed by atoms with E-state index in [1.807, 2.05) is 6.07 Å². The zero-order valence-electron chi connectivity index (χ0n) is 12.1. The van der Waals surface area contributed by atoms with Crippen molar-refractivity contribution < 1.29 is 9.66 Å². The second-order valence-corrected chi connectivity index (χ2v) is 5.30.